The van der Waals surface area contributed by atoms with Crippen molar-refractivity contribution in [3.63, 3.8) is 0 Å². The van der Waals surface area contributed by atoms with E-state index in [2.05, 4.69) is 39.8 Å². The van der Waals surface area contributed by atoms with Crippen LogP contribution in [-0.2, 0) is 0 Å². The zero-order valence-electron chi connectivity index (χ0n) is 12.4. The molecule has 1 aromatic carbocycles. The van der Waals surface area contributed by atoms with Crippen molar-refractivity contribution in [3.05, 3.63) is 30.3 Å². The predicted molar refractivity (Wildman–Crippen MR) is 72.1 cm³/mol. The molecule has 1 saturated heterocycles. The van der Waals surface area contributed by atoms with E-state index in [1.165, 1.54) is 57.5 Å². The first-order valence-corrected chi connectivity index (χ1v) is 8.68. The Hall–Kier alpha value is -1.18. The maximum Gasteiger partial charge on any atom is 0.160 e. The van der Waals surface area contributed by atoms with E-state index in [0.717, 1.165) is 0 Å². The van der Waals surface area contributed by atoms with Gasteiger partial charge in [0.15, 0.2) is 18.8 Å². The van der Waals surface area contributed by atoms with Gasteiger partial charge < -0.3 is 4.90 Å². The third kappa shape index (κ3) is 5.90. The van der Waals surface area contributed by atoms with E-state index >= 15 is 0 Å². The molecule has 0 atom stereocenters. The Morgan fingerprint density at radius 3 is 1.86 bits per heavy atom. The van der Waals surface area contributed by atoms with Crippen molar-refractivity contribution < 1.29 is 33.5 Å². The normalized spacial score (nSPS) is 19.0. The number of nitrogens with zero attached hydrogens (tertiary/aromatic N) is 2. The van der Waals surface area contributed by atoms with Gasteiger partial charge in [-0.1, -0.05) is 18.2 Å². The van der Waals surface area contributed by atoms with Gasteiger partial charge in [-0.3, -0.25) is 0 Å². The van der Waals surface area contributed by atoms with Crippen LogP contribution in [0.5, 0.6) is 0 Å². The van der Waals surface area contributed by atoms with Crippen molar-refractivity contribution in [1.82, 2.24) is 0 Å². The number of rotatable bonds is 1. The minimum Gasteiger partial charge on any atom is -0.359 e. The second-order valence-electron chi connectivity index (χ2n) is 5.46. The van der Waals surface area contributed by atoms with Gasteiger partial charge in [0, 0.05) is 18.5 Å². The molecule has 122 valence electrons. The fourth-order valence-corrected chi connectivity index (χ4v) is 3.02. The number of benzene rings is 1. The molecule has 0 bridgehead atoms. The number of halogens is 1. The number of hydrogen-bond donors (Lipinski definition) is 0. The van der Waals surface area contributed by atoms with Gasteiger partial charge in [-0.15, -0.1) is 10.2 Å². The Morgan fingerprint density at radius 1 is 0.864 bits per heavy atom. The van der Waals surface area contributed by atoms with Gasteiger partial charge in [0.1, 0.15) is 0 Å². The highest BCUT2D eigenvalue weighted by Gasteiger charge is 2.24. The molecule has 0 N–H and O–H groups in total. The molecule has 2 aliphatic rings. The average molecular weight is 329 g/mol. The molecule has 1 saturated carbocycles. The molecule has 6 nitrogen and oxygen atoms in total. The largest absolute Gasteiger partial charge is 0.359 e. The molecule has 3 rings (SSSR count). The maximum atomic E-state index is 8.49. The van der Waals surface area contributed by atoms with E-state index < -0.39 is 10.2 Å². The standard InChI is InChI=1S/C15H21N2.ClHO4/c1-2-6-14(7-3-1)16-10-12-17(13-11-16)15-8-4-5-9-15;2-1(3,4)5/h1-3,6-7H,4-5,8-13H2;(H,2,3,4,5)/q+1;/p-1. The van der Waals surface area contributed by atoms with Crippen LogP contribution >= 0.6 is 0 Å². The van der Waals surface area contributed by atoms with Crippen molar-refractivity contribution in [2.75, 3.05) is 31.1 Å². The van der Waals surface area contributed by atoms with Crippen molar-refractivity contribution >= 4 is 11.4 Å². The maximum absolute atomic E-state index is 8.49. The summed E-state index contributed by atoms with van der Waals surface area (Å²) in [6.07, 6.45) is 5.53. The summed E-state index contributed by atoms with van der Waals surface area (Å²) in [6.45, 7) is 4.77. The summed E-state index contributed by atoms with van der Waals surface area (Å²) in [4.78, 5) is 2.51. The summed E-state index contributed by atoms with van der Waals surface area (Å²) in [5.74, 6) is 0. The fourth-order valence-electron chi connectivity index (χ4n) is 3.02. The van der Waals surface area contributed by atoms with E-state index in [4.69, 9.17) is 18.6 Å². The predicted octanol–water partition coefficient (Wildman–Crippen LogP) is -2.22. The fraction of sp³-hybridized carbons (Fsp3) is 0.533. The zero-order chi connectivity index (χ0) is 16.0. The molecule has 1 aromatic rings. The molecule has 0 amide bonds. The number of anilines is 1. The lowest BCUT2D eigenvalue weighted by molar-refractivity contribution is -2.00. The van der Waals surface area contributed by atoms with Crippen molar-refractivity contribution in [2.45, 2.75) is 25.7 Å². The van der Waals surface area contributed by atoms with Gasteiger partial charge in [-0.25, -0.2) is 23.2 Å². The lowest BCUT2D eigenvalue weighted by atomic mass is 10.2. The Balaban J connectivity index is 0.000000309. The van der Waals surface area contributed by atoms with Gasteiger partial charge in [0.05, 0.1) is 13.1 Å². The van der Waals surface area contributed by atoms with E-state index in [-0.39, 0.29) is 0 Å². The first-order chi connectivity index (χ1) is 10.4. The van der Waals surface area contributed by atoms with E-state index in [1.807, 2.05) is 0 Å². The van der Waals surface area contributed by atoms with Crippen LogP contribution < -0.4 is 23.5 Å². The van der Waals surface area contributed by atoms with Crippen LogP contribution in [0.4, 0.5) is 5.69 Å². The molecular weight excluding hydrogens is 308 g/mol. The molecule has 2 fully saturated rings. The van der Waals surface area contributed by atoms with Gasteiger partial charge in [0.2, 0.25) is 0 Å². The summed E-state index contributed by atoms with van der Waals surface area (Å²) in [5.41, 5.74) is 3.10. The van der Waals surface area contributed by atoms with Gasteiger partial charge >= 0.3 is 0 Å². The molecule has 1 heterocycles. The van der Waals surface area contributed by atoms with Crippen LogP contribution in [0, 0.1) is 10.2 Å². The Bertz CT molecular complexity index is 478. The monoisotopic (exact) mass is 328 g/mol. The quantitative estimate of drug-likeness (QED) is 0.544. The molecule has 1 aliphatic carbocycles. The highest BCUT2D eigenvalue weighted by atomic mass is 35.7. The topological polar surface area (TPSA) is 98.5 Å². The SMILES string of the molecule is [O-][Cl+3]([O-])([O-])[O-].c1ccc(N2CC[N+](=C3CCCC3)CC2)cc1. The minimum atomic E-state index is -4.94. The second kappa shape index (κ2) is 7.89. The van der Waals surface area contributed by atoms with E-state index in [1.54, 1.807) is 5.71 Å². The van der Waals surface area contributed by atoms with Crippen molar-refractivity contribution in [3.8, 4) is 0 Å². The summed E-state index contributed by atoms with van der Waals surface area (Å²) in [7, 11) is -4.94. The molecule has 0 radical (unpaired) electrons. The Kier molecular flexibility index (Phi) is 6.16. The zero-order valence-corrected chi connectivity index (χ0v) is 13.2. The molecule has 22 heavy (non-hydrogen) atoms. The van der Waals surface area contributed by atoms with Crippen LogP contribution in [0.3, 0.4) is 0 Å². The number of piperazine rings is 1. The lowest BCUT2D eigenvalue weighted by Crippen LogP contribution is -2.68. The van der Waals surface area contributed by atoms with Gasteiger partial charge in [-0.05, 0) is 25.0 Å². The molecule has 7 heteroatoms. The van der Waals surface area contributed by atoms with Crippen LogP contribution in [0.25, 0.3) is 0 Å². The van der Waals surface area contributed by atoms with Crippen molar-refractivity contribution in [2.24, 2.45) is 0 Å². The minimum absolute atomic E-state index is 1.17. The van der Waals surface area contributed by atoms with E-state index in [0.29, 0.717) is 0 Å². The Labute approximate surface area is 132 Å². The highest BCUT2D eigenvalue weighted by Crippen LogP contribution is 2.18. The molecular formula is C15H21ClN2O4. The summed E-state index contributed by atoms with van der Waals surface area (Å²) >= 11 is 0. The average Bonchev–Trinajstić information content (AvgIpc) is 3.01. The molecule has 0 spiro atoms. The van der Waals surface area contributed by atoms with Gasteiger partial charge in [-0.2, -0.15) is 0 Å². The smallest absolute Gasteiger partial charge is 0.160 e. The first kappa shape index (κ1) is 17.2. The second-order valence-corrected chi connectivity index (χ2v) is 6.22. The summed E-state index contributed by atoms with van der Waals surface area (Å²) in [6, 6.07) is 10.8. The molecule has 1 aliphatic heterocycles. The highest BCUT2D eigenvalue weighted by molar-refractivity contribution is 5.81. The van der Waals surface area contributed by atoms with E-state index in [9.17, 15) is 0 Å². The van der Waals surface area contributed by atoms with Gasteiger partial charge in [0.25, 0.3) is 0 Å². The number of hydrogen-bond acceptors (Lipinski definition) is 5. The number of para-hydroxylation sites is 1. The summed E-state index contributed by atoms with van der Waals surface area (Å²) in [5, 5.41) is 0. The van der Waals surface area contributed by atoms with Crippen LogP contribution in [0.1, 0.15) is 25.7 Å². The third-order valence-corrected chi connectivity index (χ3v) is 4.03. The summed E-state index contributed by atoms with van der Waals surface area (Å²) < 4.78 is 36.6. The van der Waals surface area contributed by atoms with Crippen molar-refractivity contribution in [1.29, 1.82) is 0 Å². The Morgan fingerprint density at radius 2 is 1.36 bits per heavy atom. The van der Waals surface area contributed by atoms with Crippen LogP contribution in [-0.4, -0.2) is 36.5 Å². The first-order valence-electron chi connectivity index (χ1n) is 7.45. The molecule has 0 aromatic heterocycles. The van der Waals surface area contributed by atoms with Crippen LogP contribution in [0.2, 0.25) is 0 Å². The lowest BCUT2D eigenvalue weighted by Gasteiger charge is -2.27. The van der Waals surface area contributed by atoms with Crippen LogP contribution in [0.15, 0.2) is 30.3 Å². The third-order valence-electron chi connectivity index (χ3n) is 4.03. The molecule has 0 unspecified atom stereocenters.